The highest BCUT2D eigenvalue weighted by Gasteiger charge is 2.21. The Bertz CT molecular complexity index is 569. The number of rotatable bonds is 8. The molecule has 0 heterocycles. The van der Waals surface area contributed by atoms with Crippen molar-refractivity contribution in [2.24, 2.45) is 0 Å². The fourth-order valence-electron chi connectivity index (χ4n) is 1.77. The van der Waals surface area contributed by atoms with Gasteiger partial charge < -0.3 is 20.3 Å². The minimum absolute atomic E-state index is 0.181. The molecule has 1 aromatic rings. The number of carboxylic acid groups (broad SMARTS) is 2. The van der Waals surface area contributed by atoms with Gasteiger partial charge in [0.25, 0.3) is 5.91 Å². The summed E-state index contributed by atoms with van der Waals surface area (Å²) in [6.07, 6.45) is -0.519. The highest BCUT2D eigenvalue weighted by molar-refractivity contribution is 5.84. The molecule has 120 valence electrons. The van der Waals surface area contributed by atoms with E-state index in [1.807, 2.05) is 26.0 Å². The van der Waals surface area contributed by atoms with Crippen LogP contribution in [0.25, 0.3) is 0 Å². The van der Waals surface area contributed by atoms with Crippen molar-refractivity contribution < 1.29 is 29.3 Å². The van der Waals surface area contributed by atoms with Crippen LogP contribution in [0.4, 0.5) is 0 Å². The van der Waals surface area contributed by atoms with Gasteiger partial charge in [-0.1, -0.05) is 12.1 Å². The molecule has 0 radical (unpaired) electrons. The maximum absolute atomic E-state index is 11.7. The summed E-state index contributed by atoms with van der Waals surface area (Å²) in [6, 6.07) is 4.30. The molecule has 1 aromatic carbocycles. The molecule has 0 aliphatic carbocycles. The molecule has 0 aliphatic rings. The van der Waals surface area contributed by atoms with Crippen molar-refractivity contribution in [1.82, 2.24) is 5.32 Å². The number of carbonyl (C=O) groups is 3. The van der Waals surface area contributed by atoms with Gasteiger partial charge in [-0.2, -0.15) is 0 Å². The van der Waals surface area contributed by atoms with Gasteiger partial charge in [0.15, 0.2) is 6.61 Å². The lowest BCUT2D eigenvalue weighted by atomic mass is 10.1. The Balaban J connectivity index is 2.55. The second-order valence-corrected chi connectivity index (χ2v) is 4.95. The van der Waals surface area contributed by atoms with E-state index in [1.165, 1.54) is 0 Å². The zero-order chi connectivity index (χ0) is 16.7. The zero-order valence-corrected chi connectivity index (χ0v) is 12.5. The van der Waals surface area contributed by atoms with E-state index < -0.39 is 23.9 Å². The van der Waals surface area contributed by atoms with Gasteiger partial charge in [0.1, 0.15) is 11.8 Å². The highest BCUT2D eigenvalue weighted by Crippen LogP contribution is 2.18. The minimum Gasteiger partial charge on any atom is -0.483 e. The smallest absolute Gasteiger partial charge is 0.326 e. The Morgan fingerprint density at radius 1 is 1.23 bits per heavy atom. The van der Waals surface area contributed by atoms with Gasteiger partial charge in [-0.25, -0.2) is 4.79 Å². The Morgan fingerprint density at radius 3 is 2.50 bits per heavy atom. The van der Waals surface area contributed by atoms with E-state index in [4.69, 9.17) is 14.9 Å². The highest BCUT2D eigenvalue weighted by atomic mass is 16.5. The van der Waals surface area contributed by atoms with Gasteiger partial charge in [0.2, 0.25) is 0 Å². The maximum atomic E-state index is 11.7. The molecule has 22 heavy (non-hydrogen) atoms. The summed E-state index contributed by atoms with van der Waals surface area (Å²) in [5, 5.41) is 19.8. The molecule has 0 saturated heterocycles. The predicted octanol–water partition coefficient (Wildman–Crippen LogP) is 1.12. The fourth-order valence-corrected chi connectivity index (χ4v) is 1.77. The second-order valence-electron chi connectivity index (χ2n) is 4.95. The predicted molar refractivity (Wildman–Crippen MR) is 77.8 cm³/mol. The molecule has 0 aromatic heterocycles. The van der Waals surface area contributed by atoms with E-state index in [9.17, 15) is 14.4 Å². The number of carboxylic acids is 2. The van der Waals surface area contributed by atoms with Crippen molar-refractivity contribution in [2.75, 3.05) is 6.61 Å². The molecular weight excluding hydrogens is 290 g/mol. The van der Waals surface area contributed by atoms with Crippen molar-refractivity contribution in [3.8, 4) is 5.75 Å². The van der Waals surface area contributed by atoms with E-state index in [2.05, 4.69) is 5.32 Å². The molecule has 7 nitrogen and oxygen atoms in total. The van der Waals surface area contributed by atoms with Crippen LogP contribution in [0.5, 0.6) is 5.75 Å². The molecule has 0 spiro atoms. The van der Waals surface area contributed by atoms with Crippen LogP contribution in [0.3, 0.4) is 0 Å². The number of benzene rings is 1. The first-order valence-electron chi connectivity index (χ1n) is 6.73. The van der Waals surface area contributed by atoms with Gasteiger partial charge in [0, 0.05) is 6.42 Å². The van der Waals surface area contributed by atoms with Crippen LogP contribution < -0.4 is 10.1 Å². The third-order valence-corrected chi connectivity index (χ3v) is 2.98. The Labute approximate surface area is 127 Å². The first kappa shape index (κ1) is 17.5. The minimum atomic E-state index is -1.28. The SMILES string of the molecule is Cc1ccc(C)c(OCC(=O)NC(CCC(=O)O)C(=O)O)c1. The van der Waals surface area contributed by atoms with E-state index in [0.717, 1.165) is 11.1 Å². The van der Waals surface area contributed by atoms with E-state index >= 15 is 0 Å². The topological polar surface area (TPSA) is 113 Å². The number of aliphatic carboxylic acids is 2. The molecule has 7 heteroatoms. The lowest BCUT2D eigenvalue weighted by Crippen LogP contribution is -2.43. The Morgan fingerprint density at radius 2 is 1.91 bits per heavy atom. The van der Waals surface area contributed by atoms with Gasteiger partial charge in [0.05, 0.1) is 0 Å². The molecule has 1 atom stereocenters. The van der Waals surface area contributed by atoms with Crippen LogP contribution in [0.1, 0.15) is 24.0 Å². The summed E-state index contributed by atoms with van der Waals surface area (Å²) in [4.78, 5) is 33.2. The number of hydrogen-bond donors (Lipinski definition) is 3. The number of nitrogens with one attached hydrogen (secondary N) is 1. The van der Waals surface area contributed by atoms with E-state index in [0.29, 0.717) is 5.75 Å². The summed E-state index contributed by atoms with van der Waals surface area (Å²) in [7, 11) is 0. The second kappa shape index (κ2) is 8.02. The summed E-state index contributed by atoms with van der Waals surface area (Å²) < 4.78 is 5.36. The Hall–Kier alpha value is -2.57. The van der Waals surface area contributed by atoms with Gasteiger partial charge >= 0.3 is 11.9 Å². The Kier molecular flexibility index (Phi) is 6.37. The molecule has 0 bridgehead atoms. The zero-order valence-electron chi connectivity index (χ0n) is 12.5. The van der Waals surface area contributed by atoms with Crippen molar-refractivity contribution in [2.45, 2.75) is 32.7 Å². The van der Waals surface area contributed by atoms with Crippen LogP contribution in [0.2, 0.25) is 0 Å². The van der Waals surface area contributed by atoms with Crippen LogP contribution >= 0.6 is 0 Å². The molecular formula is C15H19NO6. The average Bonchev–Trinajstić information content (AvgIpc) is 2.43. The van der Waals surface area contributed by atoms with E-state index in [-0.39, 0.29) is 19.4 Å². The lowest BCUT2D eigenvalue weighted by molar-refractivity contribution is -0.143. The van der Waals surface area contributed by atoms with Crippen molar-refractivity contribution in [3.63, 3.8) is 0 Å². The largest absolute Gasteiger partial charge is 0.483 e. The first-order valence-corrected chi connectivity index (χ1v) is 6.73. The summed E-state index contributed by atoms with van der Waals surface area (Å²) >= 11 is 0. The normalized spacial score (nSPS) is 11.5. The first-order chi connectivity index (χ1) is 10.3. The summed E-state index contributed by atoms with van der Waals surface area (Å²) in [5.41, 5.74) is 1.84. The maximum Gasteiger partial charge on any atom is 0.326 e. The quantitative estimate of drug-likeness (QED) is 0.663. The van der Waals surface area contributed by atoms with Crippen LogP contribution in [-0.2, 0) is 14.4 Å². The fraction of sp³-hybridized carbons (Fsp3) is 0.400. The summed E-state index contributed by atoms with van der Waals surface area (Å²) in [5.74, 6) is -2.46. The van der Waals surface area contributed by atoms with Crippen molar-refractivity contribution >= 4 is 17.8 Å². The monoisotopic (exact) mass is 309 g/mol. The number of amides is 1. The molecule has 3 N–H and O–H groups in total. The number of carbonyl (C=O) groups excluding carboxylic acids is 1. The molecule has 0 aliphatic heterocycles. The number of aryl methyl sites for hydroxylation is 2. The number of hydrogen-bond acceptors (Lipinski definition) is 4. The van der Waals surface area contributed by atoms with Crippen LogP contribution in [0, 0.1) is 13.8 Å². The summed E-state index contributed by atoms with van der Waals surface area (Å²) in [6.45, 7) is 3.39. The van der Waals surface area contributed by atoms with Crippen molar-refractivity contribution in [1.29, 1.82) is 0 Å². The third-order valence-electron chi connectivity index (χ3n) is 2.98. The van der Waals surface area contributed by atoms with Crippen LogP contribution in [0.15, 0.2) is 18.2 Å². The average molecular weight is 309 g/mol. The molecule has 1 rings (SSSR count). The molecule has 0 fully saturated rings. The van der Waals surface area contributed by atoms with Crippen molar-refractivity contribution in [3.05, 3.63) is 29.3 Å². The molecule has 1 unspecified atom stereocenters. The number of ether oxygens (including phenoxy) is 1. The van der Waals surface area contributed by atoms with E-state index in [1.54, 1.807) is 6.07 Å². The van der Waals surface area contributed by atoms with Gasteiger partial charge in [-0.3, -0.25) is 9.59 Å². The van der Waals surface area contributed by atoms with Crippen LogP contribution in [-0.4, -0.2) is 40.7 Å². The molecule has 1 amide bonds. The molecule has 0 saturated carbocycles. The van der Waals surface area contributed by atoms with Gasteiger partial charge in [-0.05, 0) is 37.5 Å². The standard InChI is InChI=1S/C15H19NO6/c1-9-3-4-10(2)12(7-9)22-8-13(17)16-11(15(20)21)5-6-14(18)19/h3-4,7,11H,5-6,8H2,1-2H3,(H,16,17)(H,18,19)(H,20,21). The lowest BCUT2D eigenvalue weighted by Gasteiger charge is -2.14. The third kappa shape index (κ3) is 5.82. The van der Waals surface area contributed by atoms with Gasteiger partial charge in [-0.15, -0.1) is 0 Å².